The van der Waals surface area contributed by atoms with Crippen LogP contribution in [0.5, 0.6) is 5.75 Å². The van der Waals surface area contributed by atoms with E-state index in [0.29, 0.717) is 17.1 Å². The highest BCUT2D eigenvalue weighted by atomic mass is 79.9. The molecule has 0 aromatic heterocycles. The van der Waals surface area contributed by atoms with E-state index in [1.165, 1.54) is 12.0 Å². The number of nitrogens with one attached hydrogen (secondary N) is 1. The molecule has 1 fully saturated rings. The highest BCUT2D eigenvalue weighted by molar-refractivity contribution is 9.10. The lowest BCUT2D eigenvalue weighted by Crippen LogP contribution is -2.28. The molecule has 30 heavy (non-hydrogen) atoms. The van der Waals surface area contributed by atoms with Crippen molar-refractivity contribution in [2.45, 2.75) is 20.3 Å². The molecule has 0 aliphatic carbocycles. The SMILES string of the molecule is COc1ccccc1N1C[C@H](C(=O)OCC(=O)Nc2cc(C)c(Br)cc2C)CC1=O. The van der Waals surface area contributed by atoms with Crippen LogP contribution in [0.2, 0.25) is 0 Å². The van der Waals surface area contributed by atoms with Gasteiger partial charge in [-0.15, -0.1) is 0 Å². The number of anilines is 2. The standard InChI is InChI=1S/C22H23BrN2O5/c1-13-9-17(14(2)8-16(13)23)24-20(26)12-30-22(28)15-10-21(27)25(11-15)18-6-4-5-7-19(18)29-3/h4-9,15H,10-12H2,1-3H3,(H,24,26)/t15-/m1/s1. The largest absolute Gasteiger partial charge is 0.495 e. The molecule has 0 saturated carbocycles. The number of carbonyl (C=O) groups excluding carboxylic acids is 3. The van der Waals surface area contributed by atoms with E-state index in [4.69, 9.17) is 9.47 Å². The summed E-state index contributed by atoms with van der Waals surface area (Å²) in [7, 11) is 1.53. The zero-order valence-corrected chi connectivity index (χ0v) is 18.6. The number of nitrogens with zero attached hydrogens (tertiary/aromatic N) is 1. The van der Waals surface area contributed by atoms with Crippen molar-refractivity contribution < 1.29 is 23.9 Å². The molecule has 1 aliphatic heterocycles. The third-order valence-corrected chi connectivity index (χ3v) is 5.81. The molecule has 2 aromatic rings. The lowest BCUT2D eigenvalue weighted by Gasteiger charge is -2.19. The number of methoxy groups -OCH3 is 1. The number of rotatable bonds is 6. The number of para-hydroxylation sites is 2. The molecule has 0 spiro atoms. The van der Waals surface area contributed by atoms with E-state index in [9.17, 15) is 14.4 Å². The van der Waals surface area contributed by atoms with Crippen LogP contribution in [0.15, 0.2) is 40.9 Å². The van der Waals surface area contributed by atoms with Crippen molar-refractivity contribution in [2.24, 2.45) is 5.92 Å². The Kier molecular flexibility index (Phi) is 6.77. The van der Waals surface area contributed by atoms with Crippen molar-refractivity contribution in [1.29, 1.82) is 0 Å². The molecule has 7 nitrogen and oxygen atoms in total. The van der Waals surface area contributed by atoms with Crippen molar-refractivity contribution in [3.8, 4) is 5.75 Å². The lowest BCUT2D eigenvalue weighted by molar-refractivity contribution is -0.151. The van der Waals surface area contributed by atoms with Crippen molar-refractivity contribution >= 4 is 45.1 Å². The first-order valence-corrected chi connectivity index (χ1v) is 10.3. The van der Waals surface area contributed by atoms with E-state index >= 15 is 0 Å². The number of esters is 1. The summed E-state index contributed by atoms with van der Waals surface area (Å²) >= 11 is 3.45. The molecule has 1 atom stereocenters. The molecule has 0 radical (unpaired) electrons. The summed E-state index contributed by atoms with van der Waals surface area (Å²) in [5.41, 5.74) is 3.14. The molecular formula is C22H23BrN2O5. The summed E-state index contributed by atoms with van der Waals surface area (Å²) in [6.07, 6.45) is 0.0313. The summed E-state index contributed by atoms with van der Waals surface area (Å²) < 4.78 is 11.4. The first-order valence-electron chi connectivity index (χ1n) is 9.46. The van der Waals surface area contributed by atoms with Crippen molar-refractivity contribution in [1.82, 2.24) is 0 Å². The van der Waals surface area contributed by atoms with Crippen LogP contribution in [0.3, 0.4) is 0 Å². The predicted molar refractivity (Wildman–Crippen MR) is 117 cm³/mol. The van der Waals surface area contributed by atoms with Gasteiger partial charge in [0.15, 0.2) is 6.61 Å². The zero-order valence-electron chi connectivity index (χ0n) is 17.0. The molecule has 2 aromatic carbocycles. The second-order valence-electron chi connectivity index (χ2n) is 7.15. The minimum atomic E-state index is -0.633. The van der Waals surface area contributed by atoms with Crippen LogP contribution in [0.1, 0.15) is 17.5 Å². The van der Waals surface area contributed by atoms with Crippen LogP contribution in [0, 0.1) is 19.8 Å². The van der Waals surface area contributed by atoms with Crippen molar-refractivity contribution in [3.05, 3.63) is 52.0 Å². The summed E-state index contributed by atoms with van der Waals surface area (Å²) in [4.78, 5) is 38.6. The molecule has 1 heterocycles. The number of hydrogen-bond donors (Lipinski definition) is 1. The highest BCUT2D eigenvalue weighted by Crippen LogP contribution is 2.33. The molecule has 3 rings (SSSR count). The van der Waals surface area contributed by atoms with Gasteiger partial charge in [0.1, 0.15) is 5.75 Å². The molecule has 2 amide bonds. The first-order chi connectivity index (χ1) is 14.3. The van der Waals surface area contributed by atoms with Gasteiger partial charge in [0.2, 0.25) is 5.91 Å². The molecular weight excluding hydrogens is 452 g/mol. The zero-order chi connectivity index (χ0) is 21.8. The van der Waals surface area contributed by atoms with E-state index in [-0.39, 0.29) is 18.9 Å². The van der Waals surface area contributed by atoms with E-state index < -0.39 is 24.4 Å². The van der Waals surface area contributed by atoms with E-state index in [1.807, 2.05) is 32.0 Å². The van der Waals surface area contributed by atoms with Crippen LogP contribution in [-0.4, -0.2) is 38.0 Å². The van der Waals surface area contributed by atoms with Gasteiger partial charge in [-0.3, -0.25) is 14.4 Å². The van der Waals surface area contributed by atoms with E-state index in [2.05, 4.69) is 21.2 Å². The minimum Gasteiger partial charge on any atom is -0.495 e. The van der Waals surface area contributed by atoms with Crippen molar-refractivity contribution in [2.75, 3.05) is 30.5 Å². The topological polar surface area (TPSA) is 84.9 Å². The summed E-state index contributed by atoms with van der Waals surface area (Å²) in [6, 6.07) is 10.9. The van der Waals surface area contributed by atoms with E-state index in [0.717, 1.165) is 15.6 Å². The molecule has 1 aliphatic rings. The Bertz CT molecular complexity index is 991. The average molecular weight is 475 g/mol. The molecule has 1 N–H and O–H groups in total. The summed E-state index contributed by atoms with van der Waals surface area (Å²) in [5, 5.41) is 2.75. The van der Waals surface area contributed by atoms with E-state index in [1.54, 1.807) is 18.2 Å². The number of carbonyl (C=O) groups is 3. The third kappa shape index (κ3) is 4.81. The second-order valence-corrected chi connectivity index (χ2v) is 8.00. The quantitative estimate of drug-likeness (QED) is 0.646. The maximum absolute atomic E-state index is 12.4. The number of aryl methyl sites for hydroxylation is 2. The van der Waals surface area contributed by atoms with Gasteiger partial charge in [-0.2, -0.15) is 0 Å². The monoisotopic (exact) mass is 474 g/mol. The van der Waals surface area contributed by atoms with Gasteiger partial charge < -0.3 is 19.7 Å². The second kappa shape index (κ2) is 9.30. The Hall–Kier alpha value is -2.87. The first kappa shape index (κ1) is 21.8. The number of benzene rings is 2. The molecule has 0 unspecified atom stereocenters. The molecule has 1 saturated heterocycles. The van der Waals surface area contributed by atoms with Crippen LogP contribution in [0.4, 0.5) is 11.4 Å². The Morgan fingerprint density at radius 1 is 1.20 bits per heavy atom. The summed E-state index contributed by atoms with van der Waals surface area (Å²) in [5.74, 6) is -1.27. The average Bonchev–Trinajstić information content (AvgIpc) is 3.11. The van der Waals surface area contributed by atoms with Crippen LogP contribution in [0.25, 0.3) is 0 Å². The van der Waals surface area contributed by atoms with Gasteiger partial charge in [-0.1, -0.05) is 28.1 Å². The fourth-order valence-electron chi connectivity index (χ4n) is 3.31. The van der Waals surface area contributed by atoms with Gasteiger partial charge >= 0.3 is 5.97 Å². The fourth-order valence-corrected chi connectivity index (χ4v) is 3.77. The lowest BCUT2D eigenvalue weighted by atomic mass is 10.1. The van der Waals surface area contributed by atoms with Gasteiger partial charge in [-0.25, -0.2) is 0 Å². The fraction of sp³-hybridized carbons (Fsp3) is 0.318. The van der Waals surface area contributed by atoms with Crippen molar-refractivity contribution in [3.63, 3.8) is 0 Å². The van der Waals surface area contributed by atoms with Gasteiger partial charge in [0.05, 0.1) is 18.7 Å². The Morgan fingerprint density at radius 3 is 2.67 bits per heavy atom. The van der Waals surface area contributed by atoms with Gasteiger partial charge in [0, 0.05) is 23.1 Å². The van der Waals surface area contributed by atoms with Gasteiger partial charge in [-0.05, 0) is 49.2 Å². The maximum atomic E-state index is 12.4. The van der Waals surface area contributed by atoms with Gasteiger partial charge in [0.25, 0.3) is 5.91 Å². The molecule has 158 valence electrons. The minimum absolute atomic E-state index is 0.0313. The maximum Gasteiger partial charge on any atom is 0.311 e. The molecule has 0 bridgehead atoms. The number of hydrogen-bond acceptors (Lipinski definition) is 5. The highest BCUT2D eigenvalue weighted by Gasteiger charge is 2.37. The number of halogens is 1. The van der Waals surface area contributed by atoms with Crippen LogP contribution < -0.4 is 15.0 Å². The molecule has 8 heteroatoms. The smallest absolute Gasteiger partial charge is 0.311 e. The number of amides is 2. The summed E-state index contributed by atoms with van der Waals surface area (Å²) in [6.45, 7) is 3.57. The Balaban J connectivity index is 1.57. The third-order valence-electron chi connectivity index (χ3n) is 4.96. The normalized spacial score (nSPS) is 15.8. The number of ether oxygens (including phenoxy) is 2. The van der Waals surface area contributed by atoms with Crippen LogP contribution >= 0.6 is 15.9 Å². The Labute approximate surface area is 183 Å². The Morgan fingerprint density at radius 2 is 1.93 bits per heavy atom. The predicted octanol–water partition coefficient (Wildman–Crippen LogP) is 3.61. The van der Waals surface area contributed by atoms with Crippen LogP contribution in [-0.2, 0) is 19.1 Å².